The van der Waals surface area contributed by atoms with E-state index in [1.54, 1.807) is 18.2 Å². The molecule has 0 unspecified atom stereocenters. The zero-order chi connectivity index (χ0) is 19.6. The van der Waals surface area contributed by atoms with Crippen LogP contribution in [-0.4, -0.2) is 29.2 Å². The SMILES string of the molecule is [2H]C([2H])(C)Oc1ccc([C@H](CO)NC(=O)[C@H]2C[C@@H]2c2cccc(F)c2)cn1. The Kier molecular flexibility index (Phi) is 4.52. The first-order valence-corrected chi connectivity index (χ1v) is 8.08. The summed E-state index contributed by atoms with van der Waals surface area (Å²) in [5, 5.41) is 12.4. The van der Waals surface area contributed by atoms with Crippen molar-refractivity contribution in [3.05, 3.63) is 59.5 Å². The first-order valence-electron chi connectivity index (χ1n) is 9.08. The molecule has 1 saturated carbocycles. The maximum Gasteiger partial charge on any atom is 0.224 e. The summed E-state index contributed by atoms with van der Waals surface area (Å²) in [6.07, 6.45) is 2.07. The van der Waals surface area contributed by atoms with Gasteiger partial charge in [-0.3, -0.25) is 4.79 Å². The number of aromatic nitrogens is 1. The summed E-state index contributed by atoms with van der Waals surface area (Å²) in [6, 6.07) is 8.71. The summed E-state index contributed by atoms with van der Waals surface area (Å²) in [6.45, 7) is -0.888. The molecule has 1 fully saturated rings. The molecule has 2 N–H and O–H groups in total. The van der Waals surface area contributed by atoms with E-state index in [0.29, 0.717) is 12.0 Å². The number of aliphatic hydroxyl groups excluding tert-OH is 1. The maximum absolute atomic E-state index is 13.3. The summed E-state index contributed by atoms with van der Waals surface area (Å²) in [5.41, 5.74) is 1.38. The summed E-state index contributed by atoms with van der Waals surface area (Å²) >= 11 is 0. The number of amides is 1. The molecule has 0 saturated heterocycles. The molecular formula is C19H21FN2O3. The molecule has 132 valence electrons. The number of carbonyl (C=O) groups is 1. The Balaban J connectivity index is 1.61. The topological polar surface area (TPSA) is 71.5 Å². The van der Waals surface area contributed by atoms with Crippen LogP contribution in [0.3, 0.4) is 0 Å². The van der Waals surface area contributed by atoms with E-state index in [0.717, 1.165) is 5.56 Å². The van der Waals surface area contributed by atoms with Crippen LogP contribution in [0.2, 0.25) is 0 Å². The molecule has 1 amide bonds. The summed E-state index contributed by atoms with van der Waals surface area (Å²) in [5.74, 6) is -0.669. The lowest BCUT2D eigenvalue weighted by Gasteiger charge is -2.17. The smallest absolute Gasteiger partial charge is 0.224 e. The maximum atomic E-state index is 13.3. The second-order valence-corrected chi connectivity index (χ2v) is 5.98. The molecule has 2 aromatic rings. The van der Waals surface area contributed by atoms with Crippen molar-refractivity contribution < 1.29 is 21.8 Å². The number of nitrogens with one attached hydrogen (secondary N) is 1. The van der Waals surface area contributed by atoms with Crippen molar-refractivity contribution in [2.75, 3.05) is 13.2 Å². The lowest BCUT2D eigenvalue weighted by atomic mass is 10.1. The van der Waals surface area contributed by atoms with E-state index in [1.165, 1.54) is 31.3 Å². The Morgan fingerprint density at radius 1 is 1.52 bits per heavy atom. The van der Waals surface area contributed by atoms with Crippen molar-refractivity contribution in [3.63, 3.8) is 0 Å². The van der Waals surface area contributed by atoms with Crippen LogP contribution in [0, 0.1) is 11.7 Å². The molecule has 1 aliphatic rings. The van der Waals surface area contributed by atoms with E-state index in [2.05, 4.69) is 10.3 Å². The molecule has 1 aromatic heterocycles. The van der Waals surface area contributed by atoms with Crippen molar-refractivity contribution in [2.24, 2.45) is 5.92 Å². The lowest BCUT2D eigenvalue weighted by Crippen LogP contribution is -2.32. The highest BCUT2D eigenvalue weighted by Gasteiger charge is 2.44. The Hall–Kier alpha value is -2.47. The fourth-order valence-corrected chi connectivity index (χ4v) is 2.87. The van der Waals surface area contributed by atoms with Crippen LogP contribution in [0.25, 0.3) is 0 Å². The average molecular weight is 346 g/mol. The number of hydrogen-bond donors (Lipinski definition) is 2. The third-order valence-corrected chi connectivity index (χ3v) is 4.27. The predicted octanol–water partition coefficient (Wildman–Crippen LogP) is 2.57. The van der Waals surface area contributed by atoms with Gasteiger partial charge in [-0.25, -0.2) is 9.37 Å². The minimum absolute atomic E-state index is 0.0132. The van der Waals surface area contributed by atoms with Crippen LogP contribution in [0.4, 0.5) is 4.39 Å². The third kappa shape index (κ3) is 4.14. The van der Waals surface area contributed by atoms with Gasteiger partial charge in [-0.05, 0) is 48.6 Å². The minimum atomic E-state index is -1.85. The normalized spacial score (nSPS) is 21.7. The molecule has 1 heterocycles. The van der Waals surface area contributed by atoms with Crippen molar-refractivity contribution in [1.82, 2.24) is 10.3 Å². The van der Waals surface area contributed by atoms with E-state index in [9.17, 15) is 14.3 Å². The van der Waals surface area contributed by atoms with Gasteiger partial charge < -0.3 is 15.2 Å². The standard InChI is InChI=1S/C19H21FN2O3/c1-2-25-18-7-6-13(10-21-18)17(11-23)22-19(24)16-9-15(16)12-4-3-5-14(20)8-12/h3-8,10,15-17,23H,2,9,11H2,1H3,(H,22,24)/t15-,16+,17+/m1/s1/i2D2. The van der Waals surface area contributed by atoms with E-state index in [1.807, 2.05) is 0 Å². The number of pyridine rings is 1. The van der Waals surface area contributed by atoms with E-state index < -0.39 is 12.6 Å². The second-order valence-electron chi connectivity index (χ2n) is 5.98. The molecular weight excluding hydrogens is 323 g/mol. The molecule has 0 bridgehead atoms. The van der Waals surface area contributed by atoms with Crippen molar-refractivity contribution in [1.29, 1.82) is 0 Å². The van der Waals surface area contributed by atoms with Crippen LogP contribution in [0.1, 0.15) is 39.2 Å². The number of halogens is 1. The minimum Gasteiger partial charge on any atom is -0.478 e. The molecule has 25 heavy (non-hydrogen) atoms. The van der Waals surface area contributed by atoms with Crippen LogP contribution in [0.5, 0.6) is 5.88 Å². The van der Waals surface area contributed by atoms with E-state index in [4.69, 9.17) is 7.48 Å². The van der Waals surface area contributed by atoms with Gasteiger partial charge in [0.05, 0.1) is 21.9 Å². The number of rotatable bonds is 7. The first-order chi connectivity index (χ1) is 12.8. The monoisotopic (exact) mass is 346 g/mol. The molecule has 1 aliphatic carbocycles. The van der Waals surface area contributed by atoms with Gasteiger partial charge in [0.15, 0.2) is 0 Å². The highest BCUT2D eigenvalue weighted by molar-refractivity contribution is 5.83. The van der Waals surface area contributed by atoms with Gasteiger partial charge in [0, 0.05) is 18.2 Å². The van der Waals surface area contributed by atoms with Crippen LogP contribution >= 0.6 is 0 Å². The largest absolute Gasteiger partial charge is 0.478 e. The van der Waals surface area contributed by atoms with E-state index >= 15 is 0 Å². The molecule has 0 radical (unpaired) electrons. The lowest BCUT2D eigenvalue weighted by molar-refractivity contribution is -0.123. The van der Waals surface area contributed by atoms with Gasteiger partial charge in [0.2, 0.25) is 11.8 Å². The second kappa shape index (κ2) is 7.61. The zero-order valence-corrected chi connectivity index (χ0v) is 13.8. The van der Waals surface area contributed by atoms with Crippen molar-refractivity contribution in [2.45, 2.75) is 25.3 Å². The van der Waals surface area contributed by atoms with Crippen molar-refractivity contribution in [3.8, 4) is 5.88 Å². The number of nitrogens with zero attached hydrogens (tertiary/aromatic N) is 1. The molecule has 6 heteroatoms. The van der Waals surface area contributed by atoms with E-state index in [-0.39, 0.29) is 36.0 Å². The molecule has 1 aromatic carbocycles. The highest BCUT2D eigenvalue weighted by atomic mass is 19.1. The van der Waals surface area contributed by atoms with Crippen molar-refractivity contribution >= 4 is 5.91 Å². The number of benzene rings is 1. The van der Waals surface area contributed by atoms with Crippen LogP contribution in [-0.2, 0) is 4.79 Å². The average Bonchev–Trinajstić information content (AvgIpc) is 3.40. The molecule has 0 spiro atoms. The van der Waals surface area contributed by atoms with Crippen LogP contribution < -0.4 is 10.1 Å². The molecule has 5 nitrogen and oxygen atoms in total. The first kappa shape index (κ1) is 14.8. The Morgan fingerprint density at radius 2 is 2.36 bits per heavy atom. The number of carbonyl (C=O) groups excluding carboxylic acids is 1. The van der Waals surface area contributed by atoms with Gasteiger partial charge in [-0.2, -0.15) is 0 Å². The Bertz CT molecular complexity index is 811. The van der Waals surface area contributed by atoms with Gasteiger partial charge in [-0.1, -0.05) is 12.1 Å². The Morgan fingerprint density at radius 3 is 3.00 bits per heavy atom. The summed E-state index contributed by atoms with van der Waals surface area (Å²) in [4.78, 5) is 16.5. The molecule has 0 aliphatic heterocycles. The Labute approximate surface area is 148 Å². The van der Waals surface area contributed by atoms with Gasteiger partial charge >= 0.3 is 0 Å². The summed E-state index contributed by atoms with van der Waals surface area (Å²) in [7, 11) is 0. The quantitative estimate of drug-likeness (QED) is 0.808. The van der Waals surface area contributed by atoms with Gasteiger partial charge in [-0.15, -0.1) is 0 Å². The molecule has 3 rings (SSSR count). The number of aliphatic hydroxyl groups is 1. The van der Waals surface area contributed by atoms with Gasteiger partial charge in [0.25, 0.3) is 0 Å². The zero-order valence-electron chi connectivity index (χ0n) is 15.8. The number of ether oxygens (including phenoxy) is 1. The third-order valence-electron chi connectivity index (χ3n) is 4.27. The van der Waals surface area contributed by atoms with Crippen LogP contribution in [0.15, 0.2) is 42.6 Å². The highest BCUT2D eigenvalue weighted by Crippen LogP contribution is 2.47. The number of hydrogen-bond acceptors (Lipinski definition) is 4. The molecule has 3 atom stereocenters. The van der Waals surface area contributed by atoms with Gasteiger partial charge in [0.1, 0.15) is 5.82 Å². The summed E-state index contributed by atoms with van der Waals surface area (Å²) < 4.78 is 33.1. The predicted molar refractivity (Wildman–Crippen MR) is 90.6 cm³/mol. The fourth-order valence-electron chi connectivity index (χ4n) is 2.87. The fraction of sp³-hybridized carbons (Fsp3) is 0.368.